The van der Waals surface area contributed by atoms with E-state index in [0.29, 0.717) is 6.04 Å². The second-order valence-corrected chi connectivity index (χ2v) is 3.36. The fourth-order valence-electron chi connectivity index (χ4n) is 1.65. The SMILES string of the molecule is Cn1cncc1N1CCC(N)C1. The van der Waals surface area contributed by atoms with E-state index in [-0.39, 0.29) is 0 Å². The molecule has 0 saturated carbocycles. The van der Waals surface area contributed by atoms with E-state index >= 15 is 0 Å². The molecule has 0 aromatic carbocycles. The Morgan fingerprint density at radius 2 is 2.50 bits per heavy atom. The Morgan fingerprint density at radius 1 is 1.67 bits per heavy atom. The van der Waals surface area contributed by atoms with Crippen molar-refractivity contribution in [1.29, 1.82) is 0 Å². The minimum Gasteiger partial charge on any atom is -0.355 e. The van der Waals surface area contributed by atoms with Crippen LogP contribution in [0.2, 0.25) is 0 Å². The molecule has 1 aromatic rings. The molecule has 0 aliphatic carbocycles. The minimum absolute atomic E-state index is 0.333. The largest absolute Gasteiger partial charge is 0.355 e. The summed E-state index contributed by atoms with van der Waals surface area (Å²) in [6.07, 6.45) is 4.79. The highest BCUT2D eigenvalue weighted by Crippen LogP contribution is 2.17. The third-order valence-corrected chi connectivity index (χ3v) is 2.34. The molecule has 2 rings (SSSR count). The van der Waals surface area contributed by atoms with Gasteiger partial charge in [-0.3, -0.25) is 0 Å². The van der Waals surface area contributed by atoms with Gasteiger partial charge < -0.3 is 15.2 Å². The van der Waals surface area contributed by atoms with E-state index in [1.807, 2.05) is 24.1 Å². The zero-order valence-corrected chi connectivity index (χ0v) is 7.27. The number of rotatable bonds is 1. The van der Waals surface area contributed by atoms with Gasteiger partial charge in [-0.05, 0) is 6.42 Å². The van der Waals surface area contributed by atoms with Crippen LogP contribution in [0, 0.1) is 0 Å². The summed E-state index contributed by atoms with van der Waals surface area (Å²) in [7, 11) is 2.01. The van der Waals surface area contributed by atoms with Crippen LogP contribution in [0.15, 0.2) is 12.5 Å². The number of aromatic nitrogens is 2. The summed E-state index contributed by atoms with van der Waals surface area (Å²) in [5.41, 5.74) is 5.81. The van der Waals surface area contributed by atoms with Crippen LogP contribution in [0.1, 0.15) is 6.42 Å². The molecule has 1 aromatic heterocycles. The summed E-state index contributed by atoms with van der Waals surface area (Å²) in [4.78, 5) is 6.35. The fourth-order valence-corrected chi connectivity index (χ4v) is 1.65. The van der Waals surface area contributed by atoms with Crippen molar-refractivity contribution in [2.75, 3.05) is 18.0 Å². The van der Waals surface area contributed by atoms with E-state index in [0.717, 1.165) is 19.5 Å². The monoisotopic (exact) mass is 166 g/mol. The van der Waals surface area contributed by atoms with Crippen molar-refractivity contribution in [1.82, 2.24) is 9.55 Å². The van der Waals surface area contributed by atoms with Crippen molar-refractivity contribution in [2.24, 2.45) is 12.8 Å². The molecule has 66 valence electrons. The zero-order chi connectivity index (χ0) is 8.55. The number of imidazole rings is 1. The van der Waals surface area contributed by atoms with Gasteiger partial charge in [0.25, 0.3) is 0 Å². The lowest BCUT2D eigenvalue weighted by molar-refractivity contribution is 0.749. The summed E-state index contributed by atoms with van der Waals surface area (Å²) in [5, 5.41) is 0. The molecule has 4 nitrogen and oxygen atoms in total. The van der Waals surface area contributed by atoms with Crippen LogP contribution >= 0.6 is 0 Å². The van der Waals surface area contributed by atoms with Crippen LogP contribution < -0.4 is 10.6 Å². The first kappa shape index (κ1) is 7.61. The molecule has 1 aliphatic rings. The predicted octanol–water partition coefficient (Wildman–Crippen LogP) is -0.0425. The van der Waals surface area contributed by atoms with Crippen LogP contribution in [-0.4, -0.2) is 28.7 Å². The first-order chi connectivity index (χ1) is 5.77. The second-order valence-electron chi connectivity index (χ2n) is 3.36. The van der Waals surface area contributed by atoms with Crippen LogP contribution in [0.3, 0.4) is 0 Å². The van der Waals surface area contributed by atoms with Crippen molar-refractivity contribution < 1.29 is 0 Å². The van der Waals surface area contributed by atoms with Crippen molar-refractivity contribution in [3.8, 4) is 0 Å². The Morgan fingerprint density at radius 3 is 3.00 bits per heavy atom. The smallest absolute Gasteiger partial charge is 0.128 e. The lowest BCUT2D eigenvalue weighted by atomic mass is 10.3. The highest BCUT2D eigenvalue weighted by Gasteiger charge is 2.20. The van der Waals surface area contributed by atoms with Gasteiger partial charge >= 0.3 is 0 Å². The van der Waals surface area contributed by atoms with Crippen molar-refractivity contribution in [2.45, 2.75) is 12.5 Å². The van der Waals surface area contributed by atoms with Crippen LogP contribution in [-0.2, 0) is 7.05 Å². The fraction of sp³-hybridized carbons (Fsp3) is 0.625. The first-order valence-corrected chi connectivity index (χ1v) is 4.24. The van der Waals surface area contributed by atoms with Crippen molar-refractivity contribution >= 4 is 5.82 Å². The lowest BCUT2D eigenvalue weighted by Gasteiger charge is -2.17. The molecule has 0 bridgehead atoms. The minimum atomic E-state index is 0.333. The van der Waals surface area contributed by atoms with E-state index in [9.17, 15) is 0 Å². The molecule has 1 atom stereocenters. The van der Waals surface area contributed by atoms with Gasteiger partial charge in [0, 0.05) is 26.2 Å². The molecule has 4 heteroatoms. The lowest BCUT2D eigenvalue weighted by Crippen LogP contribution is -2.27. The molecule has 1 unspecified atom stereocenters. The van der Waals surface area contributed by atoms with Gasteiger partial charge in [0.15, 0.2) is 0 Å². The highest BCUT2D eigenvalue weighted by atomic mass is 15.3. The van der Waals surface area contributed by atoms with Gasteiger partial charge in [-0.25, -0.2) is 4.98 Å². The predicted molar refractivity (Wildman–Crippen MR) is 48.0 cm³/mol. The Balaban J connectivity index is 2.16. The highest BCUT2D eigenvalue weighted by molar-refractivity contribution is 5.38. The van der Waals surface area contributed by atoms with E-state index in [2.05, 4.69) is 9.88 Å². The number of nitrogens with two attached hydrogens (primary N) is 1. The number of hydrogen-bond acceptors (Lipinski definition) is 3. The van der Waals surface area contributed by atoms with Gasteiger partial charge in [0.2, 0.25) is 0 Å². The molecule has 1 aliphatic heterocycles. The van der Waals surface area contributed by atoms with E-state index in [4.69, 9.17) is 5.73 Å². The van der Waals surface area contributed by atoms with Gasteiger partial charge in [0.1, 0.15) is 5.82 Å². The molecule has 12 heavy (non-hydrogen) atoms. The van der Waals surface area contributed by atoms with Crippen LogP contribution in [0.4, 0.5) is 5.82 Å². The molecule has 2 N–H and O–H groups in total. The standard InChI is InChI=1S/C8H14N4/c1-11-6-10-4-8(11)12-3-2-7(9)5-12/h4,6-7H,2-3,5,9H2,1H3. The normalized spacial score (nSPS) is 23.5. The van der Waals surface area contributed by atoms with E-state index in [1.165, 1.54) is 5.82 Å². The first-order valence-electron chi connectivity index (χ1n) is 4.24. The Hall–Kier alpha value is -1.03. The summed E-state index contributed by atoms with van der Waals surface area (Å²) in [5.74, 6) is 1.17. The summed E-state index contributed by atoms with van der Waals surface area (Å²) >= 11 is 0. The topological polar surface area (TPSA) is 47.1 Å². The van der Waals surface area contributed by atoms with Gasteiger partial charge in [-0.2, -0.15) is 0 Å². The second kappa shape index (κ2) is 2.79. The molecule has 0 spiro atoms. The maximum atomic E-state index is 5.81. The Labute approximate surface area is 72.0 Å². The molecule has 0 radical (unpaired) electrons. The number of hydrogen-bond donors (Lipinski definition) is 1. The molecular formula is C8H14N4. The van der Waals surface area contributed by atoms with Gasteiger partial charge in [-0.1, -0.05) is 0 Å². The maximum absolute atomic E-state index is 5.81. The Bertz CT molecular complexity index is 268. The molecule has 1 saturated heterocycles. The third-order valence-electron chi connectivity index (χ3n) is 2.34. The Kier molecular flexibility index (Phi) is 1.77. The number of nitrogens with zero attached hydrogens (tertiary/aromatic N) is 3. The third kappa shape index (κ3) is 1.18. The number of aryl methyl sites for hydroxylation is 1. The summed E-state index contributed by atoms with van der Waals surface area (Å²) < 4.78 is 2.03. The summed E-state index contributed by atoms with van der Waals surface area (Å²) in [6, 6.07) is 0.333. The quantitative estimate of drug-likeness (QED) is 0.636. The molecule has 1 fully saturated rings. The molecule has 0 amide bonds. The van der Waals surface area contributed by atoms with Crippen LogP contribution in [0.5, 0.6) is 0 Å². The molecular weight excluding hydrogens is 152 g/mol. The van der Waals surface area contributed by atoms with Gasteiger partial charge in [-0.15, -0.1) is 0 Å². The van der Waals surface area contributed by atoms with E-state index in [1.54, 1.807) is 0 Å². The van der Waals surface area contributed by atoms with Crippen LogP contribution in [0.25, 0.3) is 0 Å². The number of anilines is 1. The van der Waals surface area contributed by atoms with Crippen molar-refractivity contribution in [3.05, 3.63) is 12.5 Å². The average molecular weight is 166 g/mol. The maximum Gasteiger partial charge on any atom is 0.128 e. The van der Waals surface area contributed by atoms with Gasteiger partial charge in [0.05, 0.1) is 12.5 Å². The summed E-state index contributed by atoms with van der Waals surface area (Å²) in [6.45, 7) is 2.01. The van der Waals surface area contributed by atoms with Crippen molar-refractivity contribution in [3.63, 3.8) is 0 Å². The van der Waals surface area contributed by atoms with E-state index < -0.39 is 0 Å². The zero-order valence-electron chi connectivity index (χ0n) is 7.27. The average Bonchev–Trinajstić information content (AvgIpc) is 2.58. The molecule has 2 heterocycles.